The molecule has 1 aromatic heterocycles. The van der Waals surface area contributed by atoms with E-state index in [0.717, 1.165) is 26.1 Å². The third-order valence-electron chi connectivity index (χ3n) is 4.86. The smallest absolute Gasteiger partial charge is 0.150 e. The minimum Gasteiger partial charge on any atom is -0.357 e. The molecule has 0 amide bonds. The molecule has 5 nitrogen and oxygen atoms in total. The Bertz CT molecular complexity index is 436. The zero-order valence-corrected chi connectivity index (χ0v) is 13.9. The number of ether oxygens (including phenoxy) is 1. The highest BCUT2D eigenvalue weighted by atomic mass is 16.5. The lowest BCUT2D eigenvalue weighted by atomic mass is 10.1. The van der Waals surface area contributed by atoms with Crippen molar-refractivity contribution in [3.63, 3.8) is 0 Å². The Morgan fingerprint density at radius 1 is 1.23 bits per heavy atom. The standard InChI is InChI=1S/C17H30N4O/c1-19(12-13-20-10-4-2-5-11-20)15-16-8-9-18-21(16)17-7-3-6-14-22-17/h8-9,17H,2-7,10-15H2,1H3/t17-/m0/s1. The predicted octanol–water partition coefficient (Wildman–Crippen LogP) is 2.50. The Hall–Kier alpha value is -0.910. The van der Waals surface area contributed by atoms with Crippen molar-refractivity contribution in [3.05, 3.63) is 18.0 Å². The number of likely N-dealkylation sites (N-methyl/N-ethyl adjacent to an activating group) is 1. The third kappa shape index (κ3) is 4.31. The third-order valence-corrected chi connectivity index (χ3v) is 4.86. The van der Waals surface area contributed by atoms with Gasteiger partial charge in [-0.3, -0.25) is 4.90 Å². The van der Waals surface area contributed by atoms with Crippen LogP contribution in [-0.2, 0) is 11.3 Å². The molecule has 2 fully saturated rings. The van der Waals surface area contributed by atoms with E-state index in [9.17, 15) is 0 Å². The Labute approximate surface area is 134 Å². The maximum atomic E-state index is 5.87. The molecule has 22 heavy (non-hydrogen) atoms. The molecule has 3 rings (SSSR count). The highest BCUT2D eigenvalue weighted by Gasteiger charge is 2.19. The van der Waals surface area contributed by atoms with Crippen molar-refractivity contribution < 1.29 is 4.74 Å². The summed E-state index contributed by atoms with van der Waals surface area (Å²) in [5.41, 5.74) is 1.27. The van der Waals surface area contributed by atoms with E-state index < -0.39 is 0 Å². The first-order valence-corrected chi connectivity index (χ1v) is 8.88. The Kier molecular flexibility index (Phi) is 5.87. The summed E-state index contributed by atoms with van der Waals surface area (Å²) in [4.78, 5) is 5.01. The van der Waals surface area contributed by atoms with E-state index in [-0.39, 0.29) is 6.23 Å². The van der Waals surface area contributed by atoms with Gasteiger partial charge in [0.1, 0.15) is 0 Å². The van der Waals surface area contributed by atoms with Crippen LogP contribution in [0.2, 0.25) is 0 Å². The summed E-state index contributed by atoms with van der Waals surface area (Å²) in [6, 6.07) is 2.13. The molecule has 0 saturated carbocycles. The Morgan fingerprint density at radius 2 is 2.09 bits per heavy atom. The van der Waals surface area contributed by atoms with Gasteiger partial charge < -0.3 is 9.64 Å². The van der Waals surface area contributed by atoms with Gasteiger partial charge in [-0.2, -0.15) is 5.10 Å². The van der Waals surface area contributed by atoms with E-state index >= 15 is 0 Å². The molecule has 2 saturated heterocycles. The lowest BCUT2D eigenvalue weighted by molar-refractivity contribution is -0.0419. The minimum atomic E-state index is 0.147. The molecule has 2 aliphatic heterocycles. The van der Waals surface area contributed by atoms with Crippen molar-refractivity contribution in [2.75, 3.05) is 39.8 Å². The zero-order valence-electron chi connectivity index (χ0n) is 13.9. The average molecular weight is 306 g/mol. The van der Waals surface area contributed by atoms with Crippen LogP contribution in [0.4, 0.5) is 0 Å². The fraction of sp³-hybridized carbons (Fsp3) is 0.824. The quantitative estimate of drug-likeness (QED) is 0.808. The molecule has 5 heteroatoms. The normalized spacial score (nSPS) is 24.0. The van der Waals surface area contributed by atoms with Crippen molar-refractivity contribution in [1.82, 2.24) is 19.6 Å². The average Bonchev–Trinajstić information content (AvgIpc) is 3.03. The van der Waals surface area contributed by atoms with E-state index in [1.54, 1.807) is 0 Å². The van der Waals surface area contributed by atoms with Gasteiger partial charge in [-0.1, -0.05) is 6.42 Å². The predicted molar refractivity (Wildman–Crippen MR) is 87.7 cm³/mol. The van der Waals surface area contributed by atoms with Gasteiger partial charge in [0.2, 0.25) is 0 Å². The fourth-order valence-electron chi connectivity index (χ4n) is 3.49. The number of aromatic nitrogens is 2. The molecular formula is C17H30N4O. The number of nitrogens with zero attached hydrogens (tertiary/aromatic N) is 4. The van der Waals surface area contributed by atoms with Gasteiger partial charge in [-0.15, -0.1) is 0 Å². The second-order valence-corrected chi connectivity index (χ2v) is 6.73. The first kappa shape index (κ1) is 16.0. The SMILES string of the molecule is CN(CCN1CCCCC1)Cc1ccnn1[C@@H]1CCCCO1. The molecule has 0 N–H and O–H groups in total. The number of rotatable bonds is 6. The van der Waals surface area contributed by atoms with Crippen LogP contribution in [0, 0.1) is 0 Å². The van der Waals surface area contributed by atoms with Gasteiger partial charge >= 0.3 is 0 Å². The van der Waals surface area contributed by atoms with Crippen molar-refractivity contribution in [1.29, 1.82) is 0 Å². The Morgan fingerprint density at radius 3 is 2.86 bits per heavy atom. The molecule has 1 atom stereocenters. The lowest BCUT2D eigenvalue weighted by Crippen LogP contribution is -2.36. The number of piperidine rings is 1. The molecule has 0 aromatic carbocycles. The van der Waals surface area contributed by atoms with Crippen molar-refractivity contribution in [2.45, 2.75) is 51.3 Å². The molecule has 0 spiro atoms. The molecule has 0 unspecified atom stereocenters. The molecule has 0 radical (unpaired) electrons. The van der Waals surface area contributed by atoms with Crippen LogP contribution in [0.3, 0.4) is 0 Å². The molecule has 124 valence electrons. The second-order valence-electron chi connectivity index (χ2n) is 6.73. The molecule has 0 bridgehead atoms. The van der Waals surface area contributed by atoms with Gasteiger partial charge in [0.15, 0.2) is 6.23 Å². The minimum absolute atomic E-state index is 0.147. The van der Waals surface area contributed by atoms with E-state index in [1.807, 2.05) is 6.20 Å². The summed E-state index contributed by atoms with van der Waals surface area (Å²) < 4.78 is 7.97. The molecule has 0 aliphatic carbocycles. The fourth-order valence-corrected chi connectivity index (χ4v) is 3.49. The number of likely N-dealkylation sites (tertiary alicyclic amines) is 1. The molecule has 1 aromatic rings. The van der Waals surface area contributed by atoms with Gasteiger partial charge in [0.25, 0.3) is 0 Å². The van der Waals surface area contributed by atoms with Crippen molar-refractivity contribution >= 4 is 0 Å². The van der Waals surface area contributed by atoms with Gasteiger partial charge in [-0.05, 0) is 58.3 Å². The summed E-state index contributed by atoms with van der Waals surface area (Å²) in [6.45, 7) is 6.69. The lowest BCUT2D eigenvalue weighted by Gasteiger charge is -2.29. The first-order chi connectivity index (χ1) is 10.8. The van der Waals surface area contributed by atoms with E-state index in [2.05, 4.69) is 32.7 Å². The second kappa shape index (κ2) is 8.09. The van der Waals surface area contributed by atoms with Crippen LogP contribution < -0.4 is 0 Å². The zero-order chi connectivity index (χ0) is 15.2. The summed E-state index contributed by atoms with van der Waals surface area (Å²) in [5, 5.41) is 4.50. The molecular weight excluding hydrogens is 276 g/mol. The largest absolute Gasteiger partial charge is 0.357 e. The topological polar surface area (TPSA) is 33.5 Å². The van der Waals surface area contributed by atoms with Crippen LogP contribution in [0.1, 0.15) is 50.4 Å². The van der Waals surface area contributed by atoms with Crippen molar-refractivity contribution in [2.24, 2.45) is 0 Å². The van der Waals surface area contributed by atoms with Gasteiger partial charge in [0, 0.05) is 32.4 Å². The van der Waals surface area contributed by atoms with Gasteiger partial charge in [0.05, 0.1) is 5.69 Å². The van der Waals surface area contributed by atoms with Gasteiger partial charge in [-0.25, -0.2) is 4.68 Å². The Balaban J connectivity index is 1.48. The summed E-state index contributed by atoms with van der Waals surface area (Å²) in [6.07, 6.45) is 9.72. The highest BCUT2D eigenvalue weighted by molar-refractivity contribution is 5.01. The van der Waals surface area contributed by atoms with E-state index in [4.69, 9.17) is 4.74 Å². The number of hydrogen-bond donors (Lipinski definition) is 0. The monoisotopic (exact) mass is 306 g/mol. The maximum absolute atomic E-state index is 5.87. The molecule has 2 aliphatic rings. The molecule has 3 heterocycles. The van der Waals surface area contributed by atoms with Crippen LogP contribution >= 0.6 is 0 Å². The summed E-state index contributed by atoms with van der Waals surface area (Å²) in [7, 11) is 2.21. The number of hydrogen-bond acceptors (Lipinski definition) is 4. The van der Waals surface area contributed by atoms with Crippen LogP contribution in [0.15, 0.2) is 12.3 Å². The summed E-state index contributed by atoms with van der Waals surface area (Å²) in [5.74, 6) is 0. The maximum Gasteiger partial charge on any atom is 0.150 e. The van der Waals surface area contributed by atoms with Crippen molar-refractivity contribution in [3.8, 4) is 0 Å². The van der Waals surface area contributed by atoms with Crippen LogP contribution in [0.5, 0.6) is 0 Å². The van der Waals surface area contributed by atoms with Crippen LogP contribution in [-0.4, -0.2) is 59.4 Å². The highest BCUT2D eigenvalue weighted by Crippen LogP contribution is 2.23. The van der Waals surface area contributed by atoms with E-state index in [0.29, 0.717) is 0 Å². The summed E-state index contributed by atoms with van der Waals surface area (Å²) >= 11 is 0. The van der Waals surface area contributed by atoms with Crippen LogP contribution in [0.25, 0.3) is 0 Å². The van der Waals surface area contributed by atoms with E-state index in [1.165, 1.54) is 57.4 Å². The first-order valence-electron chi connectivity index (χ1n) is 8.88.